The Balaban J connectivity index is 1.73. The molecule has 106 valence electrons. The highest BCUT2D eigenvalue weighted by atomic mass is 79.9. The molecular formula is C16H10BrFO2S. The average Bonchev–Trinajstić information content (AvgIpc) is 2.89. The van der Waals surface area contributed by atoms with Crippen LogP contribution in [-0.4, -0.2) is 11.5 Å². The lowest BCUT2D eigenvalue weighted by Gasteiger charge is -1.99. The van der Waals surface area contributed by atoms with Crippen molar-refractivity contribution in [3.05, 3.63) is 64.6 Å². The zero-order chi connectivity index (χ0) is 14.8. The molecule has 0 aliphatic carbocycles. The van der Waals surface area contributed by atoms with Gasteiger partial charge in [-0.25, -0.2) is 4.39 Å². The monoisotopic (exact) mass is 364 g/mol. The Morgan fingerprint density at radius 2 is 1.90 bits per heavy atom. The van der Waals surface area contributed by atoms with E-state index in [2.05, 4.69) is 15.9 Å². The van der Waals surface area contributed by atoms with Crippen LogP contribution in [0.2, 0.25) is 0 Å². The first kappa shape index (κ1) is 14.4. The van der Waals surface area contributed by atoms with Gasteiger partial charge in [-0.3, -0.25) is 4.79 Å². The van der Waals surface area contributed by atoms with E-state index in [0.29, 0.717) is 11.0 Å². The molecule has 0 amide bonds. The summed E-state index contributed by atoms with van der Waals surface area (Å²) in [6, 6.07) is 13.5. The molecule has 0 atom stereocenters. The molecule has 0 saturated heterocycles. The van der Waals surface area contributed by atoms with Gasteiger partial charge in [-0.05, 0) is 48.5 Å². The highest BCUT2D eigenvalue weighted by Crippen LogP contribution is 2.24. The van der Waals surface area contributed by atoms with E-state index >= 15 is 0 Å². The Hall–Kier alpha value is -1.59. The molecule has 0 radical (unpaired) electrons. The molecule has 2 aromatic carbocycles. The third-order valence-electron chi connectivity index (χ3n) is 2.94. The van der Waals surface area contributed by atoms with Gasteiger partial charge in [0.1, 0.15) is 11.4 Å². The number of rotatable bonds is 4. The quantitative estimate of drug-likeness (QED) is 0.464. The second-order valence-electron chi connectivity index (χ2n) is 4.46. The SMILES string of the molecule is O=C(CSc1ccc(Br)cc1)c1cc2cc(F)ccc2o1. The largest absolute Gasteiger partial charge is 0.453 e. The number of fused-ring (bicyclic) bond motifs is 1. The minimum Gasteiger partial charge on any atom is -0.453 e. The van der Waals surface area contributed by atoms with Crippen molar-refractivity contribution in [1.29, 1.82) is 0 Å². The van der Waals surface area contributed by atoms with Crippen molar-refractivity contribution in [3.8, 4) is 0 Å². The molecule has 1 aromatic heterocycles. The van der Waals surface area contributed by atoms with Gasteiger partial charge in [-0.1, -0.05) is 15.9 Å². The maximum absolute atomic E-state index is 13.1. The van der Waals surface area contributed by atoms with Crippen molar-refractivity contribution >= 4 is 44.4 Å². The van der Waals surface area contributed by atoms with Gasteiger partial charge in [0.25, 0.3) is 0 Å². The summed E-state index contributed by atoms with van der Waals surface area (Å²) in [4.78, 5) is 13.1. The van der Waals surface area contributed by atoms with Crippen LogP contribution in [0.4, 0.5) is 4.39 Å². The summed E-state index contributed by atoms with van der Waals surface area (Å²) in [5, 5.41) is 0.604. The Morgan fingerprint density at radius 1 is 1.14 bits per heavy atom. The maximum Gasteiger partial charge on any atom is 0.208 e. The third kappa shape index (κ3) is 3.36. The van der Waals surface area contributed by atoms with Crippen molar-refractivity contribution in [1.82, 2.24) is 0 Å². The van der Waals surface area contributed by atoms with E-state index < -0.39 is 0 Å². The van der Waals surface area contributed by atoms with Gasteiger partial charge in [-0.15, -0.1) is 11.8 Å². The van der Waals surface area contributed by atoms with Gasteiger partial charge < -0.3 is 4.42 Å². The second-order valence-corrected chi connectivity index (χ2v) is 6.42. The zero-order valence-electron chi connectivity index (χ0n) is 10.8. The summed E-state index contributed by atoms with van der Waals surface area (Å²) in [7, 11) is 0. The molecule has 0 aliphatic rings. The fraction of sp³-hybridized carbons (Fsp3) is 0.0625. The van der Waals surface area contributed by atoms with Gasteiger partial charge in [0, 0.05) is 14.8 Å². The molecule has 0 fully saturated rings. The normalized spacial score (nSPS) is 11.0. The summed E-state index contributed by atoms with van der Waals surface area (Å²) >= 11 is 4.81. The van der Waals surface area contributed by atoms with Crippen LogP contribution in [0.25, 0.3) is 11.0 Å². The average molecular weight is 365 g/mol. The van der Waals surface area contributed by atoms with Crippen molar-refractivity contribution in [2.24, 2.45) is 0 Å². The number of carbonyl (C=O) groups is 1. The molecule has 0 unspecified atom stereocenters. The number of carbonyl (C=O) groups excluding carboxylic acids is 1. The van der Waals surface area contributed by atoms with E-state index in [-0.39, 0.29) is 23.1 Å². The predicted octanol–water partition coefficient (Wildman–Crippen LogP) is 5.31. The van der Waals surface area contributed by atoms with Crippen molar-refractivity contribution in [3.63, 3.8) is 0 Å². The summed E-state index contributed by atoms with van der Waals surface area (Å²) in [6.45, 7) is 0. The van der Waals surface area contributed by atoms with Crippen LogP contribution in [-0.2, 0) is 0 Å². The number of Topliss-reactive ketones (excluding diaryl/α,β-unsaturated/α-hetero) is 1. The Kier molecular flexibility index (Phi) is 4.12. The molecule has 0 aliphatic heterocycles. The predicted molar refractivity (Wildman–Crippen MR) is 85.4 cm³/mol. The van der Waals surface area contributed by atoms with Crippen LogP contribution in [0.5, 0.6) is 0 Å². The number of halogens is 2. The van der Waals surface area contributed by atoms with E-state index in [0.717, 1.165) is 9.37 Å². The lowest BCUT2D eigenvalue weighted by Crippen LogP contribution is -2.00. The molecule has 5 heteroatoms. The smallest absolute Gasteiger partial charge is 0.208 e. The highest BCUT2D eigenvalue weighted by Gasteiger charge is 2.13. The van der Waals surface area contributed by atoms with E-state index in [9.17, 15) is 9.18 Å². The molecule has 1 heterocycles. The minimum atomic E-state index is -0.341. The number of furan rings is 1. The Morgan fingerprint density at radius 3 is 2.67 bits per heavy atom. The first-order chi connectivity index (χ1) is 10.1. The fourth-order valence-electron chi connectivity index (χ4n) is 1.90. The van der Waals surface area contributed by atoms with Crippen molar-refractivity contribution in [2.75, 3.05) is 5.75 Å². The Labute approximate surface area is 133 Å². The van der Waals surface area contributed by atoms with Gasteiger partial charge >= 0.3 is 0 Å². The molecule has 2 nitrogen and oxygen atoms in total. The van der Waals surface area contributed by atoms with Crippen molar-refractivity contribution < 1.29 is 13.6 Å². The van der Waals surface area contributed by atoms with Crippen LogP contribution in [0.1, 0.15) is 10.6 Å². The molecule has 0 bridgehead atoms. The van der Waals surface area contributed by atoms with Crippen LogP contribution in [0, 0.1) is 5.82 Å². The number of ketones is 1. The molecule has 21 heavy (non-hydrogen) atoms. The molecular weight excluding hydrogens is 355 g/mol. The highest BCUT2D eigenvalue weighted by molar-refractivity contribution is 9.10. The lowest BCUT2D eigenvalue weighted by atomic mass is 10.2. The van der Waals surface area contributed by atoms with Gasteiger partial charge in [0.2, 0.25) is 5.78 Å². The number of hydrogen-bond acceptors (Lipinski definition) is 3. The minimum absolute atomic E-state index is 0.112. The van der Waals surface area contributed by atoms with Gasteiger partial charge in [0.05, 0.1) is 5.75 Å². The lowest BCUT2D eigenvalue weighted by molar-refractivity contribution is 0.0994. The molecule has 0 spiro atoms. The maximum atomic E-state index is 13.1. The van der Waals surface area contributed by atoms with Crippen molar-refractivity contribution in [2.45, 2.75) is 4.90 Å². The third-order valence-corrected chi connectivity index (χ3v) is 4.48. The first-order valence-corrected chi connectivity index (χ1v) is 8.00. The van der Waals surface area contributed by atoms with Gasteiger partial charge in [-0.2, -0.15) is 0 Å². The van der Waals surface area contributed by atoms with E-state index in [4.69, 9.17) is 4.42 Å². The molecule has 3 aromatic rings. The summed E-state index contributed by atoms with van der Waals surface area (Å²) in [6.07, 6.45) is 0. The van der Waals surface area contributed by atoms with Crippen LogP contribution in [0.3, 0.4) is 0 Å². The van der Waals surface area contributed by atoms with Crippen LogP contribution >= 0.6 is 27.7 Å². The van der Waals surface area contributed by atoms with E-state index in [1.54, 1.807) is 6.07 Å². The molecule has 0 saturated carbocycles. The fourth-order valence-corrected chi connectivity index (χ4v) is 2.94. The summed E-state index contributed by atoms with van der Waals surface area (Å²) in [5.41, 5.74) is 0.522. The molecule has 3 rings (SSSR count). The first-order valence-electron chi connectivity index (χ1n) is 6.22. The summed E-state index contributed by atoms with van der Waals surface area (Å²) in [5.74, 6) is 0.0930. The molecule has 0 N–H and O–H groups in total. The van der Waals surface area contributed by atoms with Crippen LogP contribution < -0.4 is 0 Å². The summed E-state index contributed by atoms with van der Waals surface area (Å²) < 4.78 is 19.6. The van der Waals surface area contributed by atoms with E-state index in [1.165, 1.54) is 30.0 Å². The number of benzene rings is 2. The van der Waals surface area contributed by atoms with E-state index in [1.807, 2.05) is 24.3 Å². The number of hydrogen-bond donors (Lipinski definition) is 0. The number of thioether (sulfide) groups is 1. The second kappa shape index (κ2) is 6.03. The standard InChI is InChI=1S/C16H10BrFO2S/c17-11-1-4-13(5-2-11)21-9-14(19)16-8-10-7-12(18)3-6-15(10)20-16/h1-8H,9H2. The van der Waals surface area contributed by atoms with Crippen LogP contribution in [0.15, 0.2) is 62.3 Å². The Bertz CT molecular complexity index is 796. The van der Waals surface area contributed by atoms with Gasteiger partial charge in [0.15, 0.2) is 5.76 Å². The zero-order valence-corrected chi connectivity index (χ0v) is 13.2. The topological polar surface area (TPSA) is 30.2 Å².